The molecule has 11 nitrogen and oxygen atoms in total. The number of carbonyl (C=O) groups excluding carboxylic acids is 3. The van der Waals surface area contributed by atoms with Gasteiger partial charge in [0.25, 0.3) is 5.91 Å². The third-order valence-corrected chi connectivity index (χ3v) is 10.2. The van der Waals surface area contributed by atoms with Crippen LogP contribution in [0.25, 0.3) is 0 Å². The number of ether oxygens (including phenoxy) is 1. The molecule has 3 N–H and O–H groups in total. The molecule has 6 rings (SSSR count). The zero-order valence-corrected chi connectivity index (χ0v) is 28.1. The molecule has 2 aromatic carbocycles. The van der Waals surface area contributed by atoms with Crippen molar-refractivity contribution >= 4 is 47.3 Å². The molecule has 0 aliphatic carbocycles. The predicted molar refractivity (Wildman–Crippen MR) is 180 cm³/mol. The predicted octanol–water partition coefficient (Wildman–Crippen LogP) is 5.27. The average Bonchev–Trinajstić information content (AvgIpc) is 3.44. The van der Waals surface area contributed by atoms with Crippen LogP contribution in [0.1, 0.15) is 49.3 Å². The number of likely N-dealkylation sites (tertiary alicyclic amines) is 2. The second-order valence-electron chi connectivity index (χ2n) is 13.2. The van der Waals surface area contributed by atoms with Crippen LogP contribution in [0, 0.1) is 0 Å². The van der Waals surface area contributed by atoms with Crippen LogP contribution in [0.5, 0.6) is 0 Å². The van der Waals surface area contributed by atoms with Crippen LogP contribution in [0.15, 0.2) is 41.4 Å². The van der Waals surface area contributed by atoms with Crippen molar-refractivity contribution in [2.75, 3.05) is 50.3 Å². The first-order valence-electron chi connectivity index (χ1n) is 16.7. The lowest BCUT2D eigenvalue weighted by molar-refractivity contribution is -0.142. The summed E-state index contributed by atoms with van der Waals surface area (Å²) >= 11 is 6.09. The van der Waals surface area contributed by atoms with Crippen molar-refractivity contribution in [3.05, 3.63) is 58.1 Å². The van der Waals surface area contributed by atoms with Gasteiger partial charge in [0.15, 0.2) is 6.10 Å². The Hall–Kier alpha value is -4.20. The summed E-state index contributed by atoms with van der Waals surface area (Å²) in [5.74, 6) is -0.479. The molecule has 15 heteroatoms. The number of nitrogens with one attached hydrogen (secondary N) is 1. The quantitative estimate of drug-likeness (QED) is 0.396. The normalized spacial score (nSPS) is 21.3. The fourth-order valence-corrected chi connectivity index (χ4v) is 7.42. The molecule has 2 saturated heterocycles. The van der Waals surface area contributed by atoms with Crippen LogP contribution in [-0.4, -0.2) is 107 Å². The molecule has 0 saturated carbocycles. The highest BCUT2D eigenvalue weighted by atomic mass is 35.5. The summed E-state index contributed by atoms with van der Waals surface area (Å²) < 4.78 is 47.1. The summed E-state index contributed by atoms with van der Waals surface area (Å²) in [5.41, 5.74) is 5.84. The molecular formula is C34H41ClF3N7O4. The van der Waals surface area contributed by atoms with Crippen molar-refractivity contribution in [3.8, 4) is 0 Å². The lowest BCUT2D eigenvalue weighted by Crippen LogP contribution is -2.52. The zero-order valence-electron chi connectivity index (χ0n) is 27.3. The summed E-state index contributed by atoms with van der Waals surface area (Å²) in [6.45, 7) is 4.76. The molecule has 2 aromatic rings. The number of fused-ring (bicyclic) bond motifs is 1. The summed E-state index contributed by atoms with van der Waals surface area (Å²) in [5, 5.41) is 2.68. The van der Waals surface area contributed by atoms with Gasteiger partial charge in [-0.1, -0.05) is 29.8 Å². The van der Waals surface area contributed by atoms with E-state index in [1.165, 1.54) is 11.0 Å². The van der Waals surface area contributed by atoms with Crippen LogP contribution in [0.3, 0.4) is 0 Å². The molecule has 4 heterocycles. The number of piperidine rings is 2. The van der Waals surface area contributed by atoms with Gasteiger partial charge in [0, 0.05) is 63.5 Å². The number of nitrogen functional groups attached to an aromatic ring is 1. The number of nitrogens with two attached hydrogens (primary N) is 1. The highest BCUT2D eigenvalue weighted by Gasteiger charge is 2.38. The monoisotopic (exact) mass is 703 g/mol. The van der Waals surface area contributed by atoms with E-state index in [1.54, 1.807) is 9.80 Å². The molecule has 1 unspecified atom stereocenters. The van der Waals surface area contributed by atoms with E-state index in [1.807, 2.05) is 37.5 Å². The van der Waals surface area contributed by atoms with E-state index < -0.39 is 35.5 Å². The topological polar surface area (TPSA) is 124 Å². The summed E-state index contributed by atoms with van der Waals surface area (Å²) in [6.07, 6.45) is -2.28. The average molecular weight is 704 g/mol. The number of rotatable bonds is 6. The van der Waals surface area contributed by atoms with E-state index in [2.05, 4.69) is 15.2 Å². The van der Waals surface area contributed by atoms with E-state index >= 15 is 0 Å². The maximum atomic E-state index is 13.9. The van der Waals surface area contributed by atoms with E-state index in [0.29, 0.717) is 51.7 Å². The van der Waals surface area contributed by atoms with Gasteiger partial charge in [-0.25, -0.2) is 9.59 Å². The number of hydrogen-bond donors (Lipinski definition) is 2. The maximum Gasteiger partial charge on any atom is 0.418 e. The molecule has 0 radical (unpaired) electrons. The molecule has 0 spiro atoms. The number of hydrogen-bond acceptors (Lipinski definition) is 7. The van der Waals surface area contributed by atoms with E-state index in [4.69, 9.17) is 22.1 Å². The highest BCUT2D eigenvalue weighted by molar-refractivity contribution is 6.33. The van der Waals surface area contributed by atoms with Gasteiger partial charge in [0.1, 0.15) is 0 Å². The molecule has 4 aliphatic heterocycles. The minimum absolute atomic E-state index is 0.0710. The number of halogens is 4. The third kappa shape index (κ3) is 7.84. The number of amides is 4. The number of nitrogens with zero attached hydrogens (tertiary/aromatic N) is 5. The van der Waals surface area contributed by atoms with E-state index in [0.717, 1.165) is 23.9 Å². The number of para-hydroxylation sites is 1. The van der Waals surface area contributed by atoms with Gasteiger partial charge in [0.05, 0.1) is 28.7 Å². The Bertz CT molecular complexity index is 1590. The van der Waals surface area contributed by atoms with Crippen LogP contribution in [0.4, 0.5) is 34.1 Å². The second kappa shape index (κ2) is 14.3. The molecule has 0 bridgehead atoms. The lowest BCUT2D eigenvalue weighted by atomic mass is 10.00. The van der Waals surface area contributed by atoms with Gasteiger partial charge in [-0.15, -0.1) is 0 Å². The Labute approximate surface area is 288 Å². The third-order valence-electron chi connectivity index (χ3n) is 9.93. The number of aliphatic imine (C=N–C) groups is 1. The number of anilines is 2. The smallest absolute Gasteiger partial charge is 0.418 e. The van der Waals surface area contributed by atoms with Gasteiger partial charge < -0.3 is 35.4 Å². The van der Waals surface area contributed by atoms with Crippen molar-refractivity contribution in [2.45, 2.75) is 75.9 Å². The molecule has 4 amide bonds. The molecule has 2 atom stereocenters. The maximum absolute atomic E-state index is 13.9. The van der Waals surface area contributed by atoms with Crippen molar-refractivity contribution in [1.29, 1.82) is 0 Å². The van der Waals surface area contributed by atoms with Crippen molar-refractivity contribution < 1.29 is 32.3 Å². The van der Waals surface area contributed by atoms with Crippen LogP contribution in [0.2, 0.25) is 5.02 Å². The van der Waals surface area contributed by atoms with Crippen molar-refractivity contribution in [2.24, 2.45) is 4.99 Å². The van der Waals surface area contributed by atoms with Crippen LogP contribution >= 0.6 is 11.6 Å². The minimum Gasteiger partial charge on any atom is -0.436 e. The van der Waals surface area contributed by atoms with Gasteiger partial charge >= 0.3 is 18.3 Å². The van der Waals surface area contributed by atoms with Gasteiger partial charge in [-0.05, 0) is 68.4 Å². The standard InChI is InChI=1S/C34H41ClF3N7O4/c1-21-19-44(20-40-21)24-7-11-42(12-8-24)31(46)29(18-22-16-26(34(36,37)38)30(39)27(35)17-22)49-33(48)43-13-9-25(10-14-43)45-15-6-23-4-2-3-5-28(23)41-32(45)47/h2-5,16-17,20-21,24-25,29H,6-15,18-19,39H2,1H3,(H,41,47)/t21?,29-/m1/s1. The number of benzene rings is 2. The lowest BCUT2D eigenvalue weighted by Gasteiger charge is -2.39. The molecular weight excluding hydrogens is 663 g/mol. The van der Waals surface area contributed by atoms with Gasteiger partial charge in [0.2, 0.25) is 0 Å². The second-order valence-corrected chi connectivity index (χ2v) is 13.6. The Morgan fingerprint density at radius 3 is 2.39 bits per heavy atom. The summed E-state index contributed by atoms with van der Waals surface area (Å²) in [6, 6.07) is 9.94. The first-order chi connectivity index (χ1) is 23.4. The summed E-state index contributed by atoms with van der Waals surface area (Å²) in [4.78, 5) is 52.0. The fraction of sp³-hybridized carbons (Fsp3) is 0.529. The highest BCUT2D eigenvalue weighted by Crippen LogP contribution is 2.38. The number of alkyl halides is 3. The van der Waals surface area contributed by atoms with Gasteiger partial charge in [-0.3, -0.25) is 9.79 Å². The van der Waals surface area contributed by atoms with Gasteiger partial charge in [-0.2, -0.15) is 13.2 Å². The molecule has 0 aromatic heterocycles. The Kier molecular flexibility index (Phi) is 10.1. The minimum atomic E-state index is -4.77. The largest absolute Gasteiger partial charge is 0.436 e. The molecule has 2 fully saturated rings. The number of urea groups is 1. The summed E-state index contributed by atoms with van der Waals surface area (Å²) in [7, 11) is 0. The molecule has 4 aliphatic rings. The first-order valence-corrected chi connectivity index (χ1v) is 17.1. The van der Waals surface area contributed by atoms with Crippen LogP contribution < -0.4 is 11.1 Å². The molecule has 49 heavy (non-hydrogen) atoms. The number of carbonyl (C=O) groups is 3. The SMILES string of the molecule is CC1CN(C2CCN(C(=O)[C@@H](Cc3cc(Cl)c(N)c(C(F)(F)F)c3)OC(=O)N3CCC(N4CCc5ccccc5NC4=O)CC3)CC2)C=N1. The van der Waals surface area contributed by atoms with Crippen molar-refractivity contribution in [1.82, 2.24) is 19.6 Å². The Balaban J connectivity index is 1.13. The zero-order chi connectivity index (χ0) is 34.9. The van der Waals surface area contributed by atoms with Crippen molar-refractivity contribution in [3.63, 3.8) is 0 Å². The van der Waals surface area contributed by atoms with E-state index in [9.17, 15) is 27.6 Å². The Morgan fingerprint density at radius 2 is 1.71 bits per heavy atom. The Morgan fingerprint density at radius 1 is 1.04 bits per heavy atom. The van der Waals surface area contributed by atoms with Crippen LogP contribution in [-0.2, 0) is 28.5 Å². The fourth-order valence-electron chi connectivity index (χ4n) is 7.18. The first kappa shape index (κ1) is 34.7. The van der Waals surface area contributed by atoms with E-state index in [-0.39, 0.29) is 54.3 Å². The molecule has 264 valence electrons.